The lowest BCUT2D eigenvalue weighted by Gasteiger charge is -2.19. The van der Waals surface area contributed by atoms with Crippen LogP contribution in [-0.2, 0) is 9.59 Å². The summed E-state index contributed by atoms with van der Waals surface area (Å²) in [6.07, 6.45) is 1.86. The third kappa shape index (κ3) is 5.81. The summed E-state index contributed by atoms with van der Waals surface area (Å²) in [5, 5.41) is 14.6. The Morgan fingerprint density at radius 2 is 1.70 bits per heavy atom. The summed E-state index contributed by atoms with van der Waals surface area (Å²) in [6, 6.07) is 21.5. The summed E-state index contributed by atoms with van der Waals surface area (Å²) < 4.78 is 0. The molecule has 1 aliphatic carbocycles. The van der Waals surface area contributed by atoms with Crippen molar-refractivity contribution in [2.45, 2.75) is 29.9 Å². The zero-order chi connectivity index (χ0) is 23.4. The van der Waals surface area contributed by atoms with E-state index < -0.39 is 11.2 Å². The molecule has 4 rings (SSSR count). The lowest BCUT2D eigenvalue weighted by atomic mass is 10.1. The zero-order valence-electron chi connectivity index (χ0n) is 18.1. The van der Waals surface area contributed by atoms with Gasteiger partial charge >= 0.3 is 5.97 Å². The highest BCUT2D eigenvalue weighted by atomic mass is 32.2. The SMILES string of the molecule is Cc1ccc(C(=O)O)cc1NC(=O)C(Sc1cccc(NC(=O)C2CC2)c1)c1ccccc1. The minimum atomic E-state index is -1.05. The van der Waals surface area contributed by atoms with Crippen molar-refractivity contribution in [1.82, 2.24) is 0 Å². The highest BCUT2D eigenvalue weighted by Gasteiger charge is 2.29. The van der Waals surface area contributed by atoms with Gasteiger partial charge in [-0.2, -0.15) is 0 Å². The largest absolute Gasteiger partial charge is 0.478 e. The van der Waals surface area contributed by atoms with Crippen molar-refractivity contribution in [2.75, 3.05) is 10.6 Å². The molecule has 0 saturated heterocycles. The number of aryl methyl sites for hydroxylation is 1. The molecule has 2 amide bonds. The maximum Gasteiger partial charge on any atom is 0.335 e. The minimum Gasteiger partial charge on any atom is -0.478 e. The highest BCUT2D eigenvalue weighted by Crippen LogP contribution is 2.38. The van der Waals surface area contributed by atoms with Crippen molar-refractivity contribution in [2.24, 2.45) is 5.92 Å². The molecule has 0 aromatic heterocycles. The molecule has 1 saturated carbocycles. The Labute approximate surface area is 196 Å². The fourth-order valence-electron chi connectivity index (χ4n) is 3.36. The number of aromatic carboxylic acids is 1. The number of carboxylic acids is 1. The van der Waals surface area contributed by atoms with Gasteiger partial charge in [0.1, 0.15) is 5.25 Å². The first kappa shape index (κ1) is 22.6. The second-order valence-electron chi connectivity index (χ2n) is 8.02. The smallest absolute Gasteiger partial charge is 0.335 e. The Hall–Kier alpha value is -3.58. The van der Waals surface area contributed by atoms with Gasteiger partial charge in [0, 0.05) is 22.2 Å². The van der Waals surface area contributed by atoms with Crippen LogP contribution >= 0.6 is 11.8 Å². The second-order valence-corrected chi connectivity index (χ2v) is 9.20. The summed E-state index contributed by atoms with van der Waals surface area (Å²) in [5.41, 5.74) is 2.87. The van der Waals surface area contributed by atoms with Crippen molar-refractivity contribution in [3.8, 4) is 0 Å². The molecule has 33 heavy (non-hydrogen) atoms. The Balaban J connectivity index is 1.57. The fraction of sp³-hybridized carbons (Fsp3) is 0.192. The maximum atomic E-state index is 13.4. The lowest BCUT2D eigenvalue weighted by Crippen LogP contribution is -2.20. The van der Waals surface area contributed by atoms with Crippen LogP contribution < -0.4 is 10.6 Å². The Kier molecular flexibility index (Phi) is 6.79. The minimum absolute atomic E-state index is 0.0308. The quantitative estimate of drug-likeness (QED) is 0.385. The average molecular weight is 461 g/mol. The average Bonchev–Trinajstić information content (AvgIpc) is 3.65. The van der Waals surface area contributed by atoms with Crippen LogP contribution in [0.3, 0.4) is 0 Å². The van der Waals surface area contributed by atoms with Crippen LogP contribution in [0.25, 0.3) is 0 Å². The zero-order valence-corrected chi connectivity index (χ0v) is 18.9. The molecular formula is C26H24N2O4S. The van der Waals surface area contributed by atoms with Gasteiger partial charge < -0.3 is 15.7 Å². The number of carbonyl (C=O) groups is 3. The molecule has 0 heterocycles. The van der Waals surface area contributed by atoms with E-state index in [4.69, 9.17) is 0 Å². The number of thioether (sulfide) groups is 1. The van der Waals surface area contributed by atoms with E-state index >= 15 is 0 Å². The monoisotopic (exact) mass is 460 g/mol. The van der Waals surface area contributed by atoms with Gasteiger partial charge in [-0.25, -0.2) is 4.79 Å². The summed E-state index contributed by atoms with van der Waals surface area (Å²) in [5.74, 6) is -1.17. The van der Waals surface area contributed by atoms with E-state index in [1.165, 1.54) is 23.9 Å². The van der Waals surface area contributed by atoms with Gasteiger partial charge in [-0.05, 0) is 61.2 Å². The summed E-state index contributed by atoms with van der Waals surface area (Å²) >= 11 is 1.37. The van der Waals surface area contributed by atoms with Crippen molar-refractivity contribution >= 4 is 40.9 Å². The van der Waals surface area contributed by atoms with E-state index in [-0.39, 0.29) is 23.3 Å². The molecule has 0 spiro atoms. The summed E-state index contributed by atoms with van der Waals surface area (Å²) in [4.78, 5) is 37.7. The van der Waals surface area contributed by atoms with Gasteiger partial charge in [0.25, 0.3) is 0 Å². The molecule has 0 radical (unpaired) electrons. The molecule has 1 atom stereocenters. The number of benzene rings is 3. The normalized spacial score (nSPS) is 13.7. The molecule has 3 aromatic rings. The molecular weight excluding hydrogens is 436 g/mol. The number of carbonyl (C=O) groups excluding carboxylic acids is 2. The van der Waals surface area contributed by atoms with Crippen molar-refractivity contribution in [3.05, 3.63) is 89.5 Å². The van der Waals surface area contributed by atoms with Crippen LogP contribution in [0.15, 0.2) is 77.7 Å². The standard InChI is InChI=1S/C26H24N2O4S/c1-16-10-11-19(26(31)32)14-22(16)28-25(30)23(17-6-3-2-4-7-17)33-21-9-5-8-20(15-21)27-24(29)18-12-13-18/h2-11,14-15,18,23H,12-13H2,1H3,(H,27,29)(H,28,30)(H,31,32). The number of carboxylic acid groups (broad SMARTS) is 1. The van der Waals surface area contributed by atoms with Gasteiger partial charge in [0.2, 0.25) is 11.8 Å². The molecule has 3 aromatic carbocycles. The number of anilines is 2. The molecule has 6 nitrogen and oxygen atoms in total. The van der Waals surface area contributed by atoms with Crippen LogP contribution in [0.1, 0.15) is 39.6 Å². The van der Waals surface area contributed by atoms with E-state index in [0.29, 0.717) is 11.4 Å². The molecule has 7 heteroatoms. The fourth-order valence-corrected chi connectivity index (χ4v) is 4.45. The molecule has 0 aliphatic heterocycles. The maximum absolute atomic E-state index is 13.4. The summed E-state index contributed by atoms with van der Waals surface area (Å²) in [6.45, 7) is 1.82. The number of nitrogens with one attached hydrogen (secondary N) is 2. The molecule has 3 N–H and O–H groups in total. The first-order chi connectivity index (χ1) is 15.9. The molecule has 1 aliphatic rings. The van der Waals surface area contributed by atoms with Gasteiger partial charge in [0.05, 0.1) is 5.56 Å². The number of hydrogen-bond acceptors (Lipinski definition) is 4. The van der Waals surface area contributed by atoms with Crippen LogP contribution in [-0.4, -0.2) is 22.9 Å². The lowest BCUT2D eigenvalue weighted by molar-refractivity contribution is -0.117. The predicted octanol–water partition coefficient (Wildman–Crippen LogP) is 5.51. The second kappa shape index (κ2) is 9.92. The molecule has 0 bridgehead atoms. The first-order valence-electron chi connectivity index (χ1n) is 10.7. The van der Waals surface area contributed by atoms with E-state index in [9.17, 15) is 19.5 Å². The van der Waals surface area contributed by atoms with E-state index in [2.05, 4.69) is 10.6 Å². The molecule has 1 fully saturated rings. The first-order valence-corrected chi connectivity index (χ1v) is 11.6. The van der Waals surface area contributed by atoms with Gasteiger partial charge in [-0.1, -0.05) is 42.5 Å². The Morgan fingerprint density at radius 1 is 0.939 bits per heavy atom. The third-order valence-corrected chi connectivity index (χ3v) is 6.63. The third-order valence-electron chi connectivity index (χ3n) is 5.39. The molecule has 1 unspecified atom stereocenters. The van der Waals surface area contributed by atoms with E-state index in [0.717, 1.165) is 28.9 Å². The number of rotatable bonds is 8. The van der Waals surface area contributed by atoms with Gasteiger partial charge in [-0.3, -0.25) is 9.59 Å². The van der Waals surface area contributed by atoms with Crippen LogP contribution in [0, 0.1) is 12.8 Å². The van der Waals surface area contributed by atoms with Crippen molar-refractivity contribution < 1.29 is 19.5 Å². The van der Waals surface area contributed by atoms with E-state index in [1.54, 1.807) is 6.07 Å². The van der Waals surface area contributed by atoms with Crippen molar-refractivity contribution in [3.63, 3.8) is 0 Å². The van der Waals surface area contributed by atoms with E-state index in [1.807, 2.05) is 61.5 Å². The summed E-state index contributed by atoms with van der Waals surface area (Å²) in [7, 11) is 0. The molecule has 168 valence electrons. The van der Waals surface area contributed by atoms with Gasteiger partial charge in [-0.15, -0.1) is 11.8 Å². The Morgan fingerprint density at radius 3 is 2.39 bits per heavy atom. The Bertz CT molecular complexity index is 1190. The van der Waals surface area contributed by atoms with Crippen LogP contribution in [0.5, 0.6) is 0 Å². The predicted molar refractivity (Wildman–Crippen MR) is 130 cm³/mol. The topological polar surface area (TPSA) is 95.5 Å². The van der Waals surface area contributed by atoms with Crippen LogP contribution in [0.4, 0.5) is 11.4 Å². The van der Waals surface area contributed by atoms with Crippen molar-refractivity contribution in [1.29, 1.82) is 0 Å². The van der Waals surface area contributed by atoms with Gasteiger partial charge in [0.15, 0.2) is 0 Å². The number of hydrogen-bond donors (Lipinski definition) is 3. The number of amides is 2. The highest BCUT2D eigenvalue weighted by molar-refractivity contribution is 8.00. The van der Waals surface area contributed by atoms with Crippen LogP contribution in [0.2, 0.25) is 0 Å².